The van der Waals surface area contributed by atoms with Gasteiger partial charge in [0.1, 0.15) is 6.04 Å². The fourth-order valence-corrected chi connectivity index (χ4v) is 2.09. The van der Waals surface area contributed by atoms with Gasteiger partial charge < -0.3 is 20.1 Å². The van der Waals surface area contributed by atoms with Crippen molar-refractivity contribution < 1.29 is 19.4 Å². The molecule has 18 heavy (non-hydrogen) atoms. The van der Waals surface area contributed by atoms with Crippen molar-refractivity contribution in [3.05, 3.63) is 0 Å². The highest BCUT2D eigenvalue weighted by atomic mass is 16.5. The molecule has 1 aliphatic heterocycles. The minimum absolute atomic E-state index is 0.0697. The van der Waals surface area contributed by atoms with E-state index in [0.717, 1.165) is 6.42 Å². The number of carboxylic acids is 1. The van der Waals surface area contributed by atoms with Crippen LogP contribution in [0.25, 0.3) is 0 Å². The summed E-state index contributed by atoms with van der Waals surface area (Å²) in [4.78, 5) is 24.3. The maximum Gasteiger partial charge on any atom is 0.326 e. The zero-order valence-corrected chi connectivity index (χ0v) is 11.4. The van der Waals surface area contributed by atoms with Gasteiger partial charge in [0.05, 0.1) is 11.6 Å². The van der Waals surface area contributed by atoms with Crippen molar-refractivity contribution in [2.45, 2.75) is 51.3 Å². The molecule has 0 saturated carbocycles. The Bertz CT molecular complexity index is 334. The van der Waals surface area contributed by atoms with E-state index in [2.05, 4.69) is 5.32 Å². The number of ether oxygens (including phenoxy) is 1. The number of aliphatic carboxylic acids is 1. The molecular formula is C12H22N2O4. The highest BCUT2D eigenvalue weighted by molar-refractivity contribution is 5.82. The van der Waals surface area contributed by atoms with Crippen LogP contribution in [0.1, 0.15) is 33.6 Å². The van der Waals surface area contributed by atoms with Gasteiger partial charge in [-0.3, -0.25) is 0 Å². The molecule has 6 heteroatoms. The van der Waals surface area contributed by atoms with Crippen molar-refractivity contribution >= 4 is 12.0 Å². The van der Waals surface area contributed by atoms with Gasteiger partial charge in [-0.15, -0.1) is 0 Å². The number of nitrogens with one attached hydrogen (secondary N) is 1. The second kappa shape index (κ2) is 5.56. The first-order valence-electron chi connectivity index (χ1n) is 6.21. The highest BCUT2D eigenvalue weighted by Gasteiger charge is 2.39. The van der Waals surface area contributed by atoms with Crippen LogP contribution in [-0.2, 0) is 9.53 Å². The van der Waals surface area contributed by atoms with Gasteiger partial charge in [-0.2, -0.15) is 0 Å². The second-order valence-electron chi connectivity index (χ2n) is 4.98. The lowest BCUT2D eigenvalue weighted by Gasteiger charge is -2.33. The number of hydrogen-bond donors (Lipinski definition) is 2. The van der Waals surface area contributed by atoms with Crippen LogP contribution in [-0.4, -0.2) is 53.3 Å². The number of carbonyl (C=O) groups excluding carboxylic acids is 1. The van der Waals surface area contributed by atoms with Crippen LogP contribution in [0.2, 0.25) is 0 Å². The van der Waals surface area contributed by atoms with E-state index in [9.17, 15) is 9.59 Å². The van der Waals surface area contributed by atoms with Gasteiger partial charge in [-0.1, -0.05) is 6.92 Å². The molecule has 1 aliphatic rings. The van der Waals surface area contributed by atoms with E-state index >= 15 is 0 Å². The first-order chi connectivity index (χ1) is 8.31. The van der Waals surface area contributed by atoms with Gasteiger partial charge in [-0.05, 0) is 26.7 Å². The van der Waals surface area contributed by atoms with Crippen LogP contribution in [0.5, 0.6) is 0 Å². The summed E-state index contributed by atoms with van der Waals surface area (Å²) in [5.74, 6) is -0.990. The molecule has 6 nitrogen and oxygen atoms in total. The highest BCUT2D eigenvalue weighted by Crippen LogP contribution is 2.25. The maximum absolute atomic E-state index is 12.1. The Morgan fingerprint density at radius 2 is 2.22 bits per heavy atom. The summed E-state index contributed by atoms with van der Waals surface area (Å²) >= 11 is 0. The number of carbonyl (C=O) groups is 2. The van der Waals surface area contributed by atoms with Gasteiger partial charge in [0.25, 0.3) is 0 Å². The largest absolute Gasteiger partial charge is 0.480 e. The SMILES string of the molecule is CCC(C(=O)O)N(C)C(=O)NC1(C)CCOC1C. The first-order valence-corrected chi connectivity index (χ1v) is 6.21. The van der Waals surface area contributed by atoms with Crippen LogP contribution in [0.3, 0.4) is 0 Å². The smallest absolute Gasteiger partial charge is 0.326 e. The van der Waals surface area contributed by atoms with E-state index in [0.29, 0.717) is 13.0 Å². The van der Waals surface area contributed by atoms with Crippen molar-refractivity contribution in [2.75, 3.05) is 13.7 Å². The van der Waals surface area contributed by atoms with Gasteiger partial charge >= 0.3 is 12.0 Å². The molecule has 104 valence electrons. The van der Waals surface area contributed by atoms with Crippen LogP contribution in [0, 0.1) is 0 Å². The third-order valence-corrected chi connectivity index (χ3v) is 3.74. The number of likely N-dealkylation sites (N-methyl/N-ethyl adjacent to an activating group) is 1. The van der Waals surface area contributed by atoms with E-state index < -0.39 is 17.6 Å². The van der Waals surface area contributed by atoms with Crippen molar-refractivity contribution in [3.63, 3.8) is 0 Å². The molecule has 0 bridgehead atoms. The van der Waals surface area contributed by atoms with E-state index in [4.69, 9.17) is 9.84 Å². The quantitative estimate of drug-likeness (QED) is 0.790. The molecule has 2 N–H and O–H groups in total. The zero-order valence-electron chi connectivity index (χ0n) is 11.4. The molecule has 1 heterocycles. The second-order valence-corrected chi connectivity index (χ2v) is 4.98. The molecule has 0 radical (unpaired) electrons. The van der Waals surface area contributed by atoms with Gasteiger partial charge in [-0.25, -0.2) is 9.59 Å². The molecule has 3 unspecified atom stereocenters. The molecule has 0 spiro atoms. The van der Waals surface area contributed by atoms with Crippen LogP contribution in [0.4, 0.5) is 4.79 Å². The summed E-state index contributed by atoms with van der Waals surface area (Å²) in [5, 5.41) is 11.9. The number of amides is 2. The van der Waals surface area contributed by atoms with Crippen LogP contribution < -0.4 is 5.32 Å². The minimum atomic E-state index is -0.990. The Morgan fingerprint density at radius 1 is 1.61 bits per heavy atom. The standard InChI is InChI=1S/C12H22N2O4/c1-5-9(10(15)16)14(4)11(17)13-12(3)6-7-18-8(12)2/h8-9H,5-7H2,1-4H3,(H,13,17)(H,15,16). The molecule has 0 aliphatic carbocycles. The summed E-state index contributed by atoms with van der Waals surface area (Å²) in [7, 11) is 1.50. The van der Waals surface area contributed by atoms with Gasteiger partial charge in [0.15, 0.2) is 0 Å². The lowest BCUT2D eigenvalue weighted by molar-refractivity contribution is -0.141. The third-order valence-electron chi connectivity index (χ3n) is 3.74. The Morgan fingerprint density at radius 3 is 2.61 bits per heavy atom. The van der Waals surface area contributed by atoms with Gasteiger partial charge in [0.2, 0.25) is 0 Å². The van der Waals surface area contributed by atoms with Crippen LogP contribution in [0.15, 0.2) is 0 Å². The Balaban J connectivity index is 2.67. The normalized spacial score (nSPS) is 28.8. The van der Waals surface area contributed by atoms with E-state index in [1.54, 1.807) is 6.92 Å². The van der Waals surface area contributed by atoms with Crippen molar-refractivity contribution in [1.82, 2.24) is 10.2 Å². The number of nitrogens with zero attached hydrogens (tertiary/aromatic N) is 1. The summed E-state index contributed by atoms with van der Waals surface area (Å²) < 4.78 is 5.43. The third kappa shape index (κ3) is 2.93. The summed E-state index contributed by atoms with van der Waals surface area (Å²) in [6.45, 7) is 6.17. The molecule has 1 fully saturated rings. The summed E-state index contributed by atoms with van der Waals surface area (Å²) in [6.07, 6.45) is 1.04. The molecular weight excluding hydrogens is 236 g/mol. The van der Waals surface area contributed by atoms with Crippen LogP contribution >= 0.6 is 0 Å². The maximum atomic E-state index is 12.1. The predicted molar refractivity (Wildman–Crippen MR) is 66.4 cm³/mol. The lowest BCUT2D eigenvalue weighted by atomic mass is 9.95. The average molecular weight is 258 g/mol. The van der Waals surface area contributed by atoms with E-state index in [1.165, 1.54) is 11.9 Å². The minimum Gasteiger partial charge on any atom is -0.480 e. The topological polar surface area (TPSA) is 78.9 Å². The molecule has 1 saturated heterocycles. The molecule has 1 rings (SSSR count). The Hall–Kier alpha value is -1.30. The van der Waals surface area contributed by atoms with Crippen molar-refractivity contribution in [1.29, 1.82) is 0 Å². The van der Waals surface area contributed by atoms with E-state index in [1.807, 2.05) is 13.8 Å². The molecule has 0 aromatic heterocycles. The molecule has 0 aromatic rings. The average Bonchev–Trinajstić information content (AvgIpc) is 2.59. The molecule has 2 amide bonds. The van der Waals surface area contributed by atoms with Crippen molar-refractivity contribution in [3.8, 4) is 0 Å². The first kappa shape index (κ1) is 14.8. The summed E-state index contributed by atoms with van der Waals surface area (Å²) in [5.41, 5.74) is -0.428. The summed E-state index contributed by atoms with van der Waals surface area (Å²) in [6, 6.07) is -1.17. The molecule has 3 atom stereocenters. The number of rotatable bonds is 4. The van der Waals surface area contributed by atoms with Crippen molar-refractivity contribution in [2.24, 2.45) is 0 Å². The predicted octanol–water partition coefficient (Wildman–Crippen LogP) is 1.06. The monoisotopic (exact) mass is 258 g/mol. The fraction of sp³-hybridized carbons (Fsp3) is 0.833. The number of carboxylic acid groups (broad SMARTS) is 1. The number of urea groups is 1. The van der Waals surface area contributed by atoms with Gasteiger partial charge in [0, 0.05) is 13.7 Å². The lowest BCUT2D eigenvalue weighted by Crippen LogP contribution is -2.56. The fourth-order valence-electron chi connectivity index (χ4n) is 2.09. The number of hydrogen-bond acceptors (Lipinski definition) is 3. The van der Waals surface area contributed by atoms with E-state index in [-0.39, 0.29) is 12.1 Å². The zero-order chi connectivity index (χ0) is 13.9. The molecule has 0 aromatic carbocycles. The Labute approximate surface area is 107 Å². The Kier molecular flexibility index (Phi) is 4.56.